The van der Waals surface area contributed by atoms with Crippen LogP contribution in [0.4, 0.5) is 5.69 Å². The Balaban J connectivity index is 1.53. The summed E-state index contributed by atoms with van der Waals surface area (Å²) >= 11 is 1.29. The van der Waals surface area contributed by atoms with Crippen molar-refractivity contribution in [2.75, 3.05) is 16.7 Å². The summed E-state index contributed by atoms with van der Waals surface area (Å²) in [6.07, 6.45) is 2.69. The van der Waals surface area contributed by atoms with E-state index in [9.17, 15) is 13.2 Å². The summed E-state index contributed by atoms with van der Waals surface area (Å²) in [5.41, 5.74) is 2.93. The fraction of sp³-hybridized carbons (Fsp3) is 0.174. The van der Waals surface area contributed by atoms with Crippen molar-refractivity contribution in [2.45, 2.75) is 18.6 Å². The van der Waals surface area contributed by atoms with E-state index in [-0.39, 0.29) is 11.5 Å². The molecule has 0 fully saturated rings. The van der Waals surface area contributed by atoms with Gasteiger partial charge in [0.05, 0.1) is 24.8 Å². The number of sulfonamides is 1. The summed E-state index contributed by atoms with van der Waals surface area (Å²) in [5, 5.41) is 9.31. The Morgan fingerprint density at radius 1 is 1.09 bits per heavy atom. The van der Waals surface area contributed by atoms with Crippen LogP contribution in [0.1, 0.15) is 21.7 Å². The molecule has 2 aromatic heterocycles. The highest BCUT2D eigenvalue weighted by molar-refractivity contribution is 7.99. The topological polar surface area (TPSA) is 107 Å². The Bertz CT molecular complexity index is 1360. The minimum absolute atomic E-state index is 0.101. The minimum atomic E-state index is -3.37. The van der Waals surface area contributed by atoms with Gasteiger partial charge >= 0.3 is 0 Å². The molecule has 0 spiro atoms. The van der Waals surface area contributed by atoms with E-state index in [1.54, 1.807) is 30.5 Å². The molecule has 0 bridgehead atoms. The van der Waals surface area contributed by atoms with E-state index in [1.165, 1.54) is 11.8 Å². The van der Waals surface area contributed by atoms with Crippen LogP contribution in [0.25, 0.3) is 11.4 Å². The molecule has 4 rings (SSSR count). The first-order valence-electron chi connectivity index (χ1n) is 10.0. The first-order valence-corrected chi connectivity index (χ1v) is 12.9. The van der Waals surface area contributed by atoms with Crippen LogP contribution in [0.5, 0.6) is 0 Å². The number of benzene rings is 2. The number of anilines is 1. The van der Waals surface area contributed by atoms with Crippen molar-refractivity contribution in [2.24, 2.45) is 0 Å². The summed E-state index contributed by atoms with van der Waals surface area (Å²) in [6.45, 7) is 2.45. The molecule has 8 nitrogen and oxygen atoms in total. The molecule has 0 aliphatic heterocycles. The van der Waals surface area contributed by atoms with Crippen molar-refractivity contribution in [3.05, 3.63) is 83.8 Å². The highest BCUT2D eigenvalue weighted by atomic mass is 32.2. The van der Waals surface area contributed by atoms with E-state index in [1.807, 2.05) is 47.9 Å². The van der Waals surface area contributed by atoms with Crippen LogP contribution in [-0.4, -0.2) is 41.0 Å². The average Bonchev–Trinajstić information content (AvgIpc) is 3.42. The molecule has 33 heavy (non-hydrogen) atoms. The molecule has 0 amide bonds. The largest absolute Gasteiger partial charge is 0.467 e. The summed E-state index contributed by atoms with van der Waals surface area (Å²) in [7, 11) is -3.37. The number of ketones is 1. The molecule has 2 aromatic carbocycles. The third-order valence-corrected chi connectivity index (χ3v) is 6.30. The SMILES string of the molecule is Cc1cccc(-c2nnc(SCC(=O)c3ccc(NS(C)(=O)=O)cc3)n2Cc2ccco2)c1. The van der Waals surface area contributed by atoms with Crippen LogP contribution in [0, 0.1) is 6.92 Å². The lowest BCUT2D eigenvalue weighted by molar-refractivity contribution is 0.102. The standard InChI is InChI=1S/C23H22N4O4S2/c1-16-5-3-6-18(13-16)22-24-25-23(27(22)14-20-7-4-12-31-20)32-15-21(28)17-8-10-19(11-9-17)26-33(2,29)30/h3-13,26H,14-15H2,1-2H3. The van der Waals surface area contributed by atoms with Gasteiger partial charge in [0.25, 0.3) is 0 Å². The molecular weight excluding hydrogens is 460 g/mol. The second kappa shape index (κ2) is 9.63. The first-order chi connectivity index (χ1) is 15.8. The Hall–Kier alpha value is -3.37. The maximum absolute atomic E-state index is 12.7. The van der Waals surface area contributed by atoms with Crippen LogP contribution < -0.4 is 4.72 Å². The number of Topliss-reactive ketones (excluding diaryl/α,β-unsaturated/α-hetero) is 1. The number of aromatic nitrogens is 3. The molecular formula is C23H22N4O4S2. The number of rotatable bonds is 9. The van der Waals surface area contributed by atoms with Gasteiger partial charge in [0.15, 0.2) is 16.8 Å². The number of carbonyl (C=O) groups is 1. The smallest absolute Gasteiger partial charge is 0.229 e. The monoisotopic (exact) mass is 482 g/mol. The lowest BCUT2D eigenvalue weighted by Crippen LogP contribution is -2.10. The van der Waals surface area contributed by atoms with Crippen molar-refractivity contribution < 1.29 is 17.6 Å². The zero-order valence-corrected chi connectivity index (χ0v) is 19.7. The van der Waals surface area contributed by atoms with E-state index in [2.05, 4.69) is 14.9 Å². The second-order valence-electron chi connectivity index (χ2n) is 7.50. The molecule has 0 aliphatic rings. The van der Waals surface area contributed by atoms with Crippen LogP contribution in [0.3, 0.4) is 0 Å². The number of nitrogens with one attached hydrogen (secondary N) is 1. The number of furan rings is 1. The van der Waals surface area contributed by atoms with Crippen molar-refractivity contribution >= 4 is 33.3 Å². The molecule has 4 aromatic rings. The minimum Gasteiger partial charge on any atom is -0.467 e. The second-order valence-corrected chi connectivity index (χ2v) is 10.2. The maximum atomic E-state index is 12.7. The Morgan fingerprint density at radius 2 is 1.88 bits per heavy atom. The van der Waals surface area contributed by atoms with Crippen molar-refractivity contribution in [3.8, 4) is 11.4 Å². The molecule has 0 saturated carbocycles. The molecule has 0 saturated heterocycles. The zero-order chi connectivity index (χ0) is 23.4. The van der Waals surface area contributed by atoms with Gasteiger partial charge in [-0.15, -0.1) is 10.2 Å². The molecule has 2 heterocycles. The normalized spacial score (nSPS) is 11.5. The highest BCUT2D eigenvalue weighted by Gasteiger charge is 2.18. The molecule has 0 aliphatic carbocycles. The third kappa shape index (κ3) is 5.91. The number of thioether (sulfide) groups is 1. The van der Waals surface area contributed by atoms with Crippen LogP contribution in [0.2, 0.25) is 0 Å². The van der Waals surface area contributed by atoms with Gasteiger partial charge in [-0.05, 0) is 49.4 Å². The number of aryl methyl sites for hydroxylation is 1. The van der Waals surface area contributed by atoms with Gasteiger partial charge < -0.3 is 4.42 Å². The van der Waals surface area contributed by atoms with Crippen molar-refractivity contribution in [1.82, 2.24) is 14.8 Å². The van der Waals surface area contributed by atoms with E-state index < -0.39 is 10.0 Å². The zero-order valence-electron chi connectivity index (χ0n) is 18.1. The number of carbonyl (C=O) groups excluding carboxylic acids is 1. The molecule has 170 valence electrons. The molecule has 0 radical (unpaired) electrons. The first kappa shape index (κ1) is 22.8. The maximum Gasteiger partial charge on any atom is 0.229 e. The Labute approximate surface area is 196 Å². The van der Waals surface area contributed by atoms with Crippen LogP contribution in [-0.2, 0) is 16.6 Å². The van der Waals surface area contributed by atoms with Gasteiger partial charge in [0.2, 0.25) is 10.0 Å². The quantitative estimate of drug-likeness (QED) is 0.281. The fourth-order valence-electron chi connectivity index (χ4n) is 3.25. The van der Waals surface area contributed by atoms with Crippen LogP contribution in [0.15, 0.2) is 76.5 Å². The van der Waals surface area contributed by atoms with E-state index >= 15 is 0 Å². The number of hydrogen-bond acceptors (Lipinski definition) is 7. The predicted molar refractivity (Wildman–Crippen MR) is 128 cm³/mol. The van der Waals surface area contributed by atoms with Gasteiger partial charge in [0, 0.05) is 16.8 Å². The van der Waals surface area contributed by atoms with Crippen molar-refractivity contribution in [1.29, 1.82) is 0 Å². The summed E-state index contributed by atoms with van der Waals surface area (Å²) < 4.78 is 32.5. The Morgan fingerprint density at radius 3 is 2.55 bits per heavy atom. The summed E-state index contributed by atoms with van der Waals surface area (Å²) in [6, 6.07) is 18.0. The van der Waals surface area contributed by atoms with Gasteiger partial charge in [-0.25, -0.2) is 8.42 Å². The summed E-state index contributed by atoms with van der Waals surface area (Å²) in [4.78, 5) is 12.7. The average molecular weight is 483 g/mol. The Kier molecular flexibility index (Phi) is 6.66. The van der Waals surface area contributed by atoms with E-state index in [4.69, 9.17) is 4.42 Å². The van der Waals surface area contributed by atoms with Gasteiger partial charge in [-0.3, -0.25) is 14.1 Å². The lowest BCUT2D eigenvalue weighted by atomic mass is 10.1. The molecule has 1 N–H and O–H groups in total. The van der Waals surface area contributed by atoms with E-state index in [0.29, 0.717) is 28.8 Å². The summed E-state index contributed by atoms with van der Waals surface area (Å²) in [5.74, 6) is 1.51. The highest BCUT2D eigenvalue weighted by Crippen LogP contribution is 2.26. The number of hydrogen-bond donors (Lipinski definition) is 1. The fourth-order valence-corrected chi connectivity index (χ4v) is 4.64. The molecule has 0 atom stereocenters. The van der Waals surface area contributed by atoms with Crippen molar-refractivity contribution in [3.63, 3.8) is 0 Å². The van der Waals surface area contributed by atoms with Gasteiger partial charge in [0.1, 0.15) is 5.76 Å². The lowest BCUT2D eigenvalue weighted by Gasteiger charge is -2.09. The van der Waals surface area contributed by atoms with E-state index in [0.717, 1.165) is 23.1 Å². The number of nitrogens with zero attached hydrogens (tertiary/aromatic N) is 3. The molecule has 0 unspecified atom stereocenters. The predicted octanol–water partition coefficient (Wildman–Crippen LogP) is 4.24. The third-order valence-electron chi connectivity index (χ3n) is 4.73. The van der Waals surface area contributed by atoms with Crippen LogP contribution >= 0.6 is 11.8 Å². The molecule has 10 heteroatoms. The van der Waals surface area contributed by atoms with Gasteiger partial charge in [-0.1, -0.05) is 35.5 Å². The van der Waals surface area contributed by atoms with Gasteiger partial charge in [-0.2, -0.15) is 0 Å².